The molecular formula is C9H19NO3. The number of carbonyl (C=O) groups excluding carboxylic acids is 1. The van der Waals surface area contributed by atoms with Crippen LogP contribution in [0.1, 0.15) is 20.3 Å². The summed E-state index contributed by atoms with van der Waals surface area (Å²) in [5, 5.41) is 11.8. The average Bonchev–Trinajstić information content (AvgIpc) is 2.11. The fourth-order valence-corrected chi connectivity index (χ4v) is 0.911. The maximum atomic E-state index is 11.0. The van der Waals surface area contributed by atoms with Gasteiger partial charge in [-0.15, -0.1) is 0 Å². The zero-order valence-electron chi connectivity index (χ0n) is 8.54. The molecule has 0 aliphatic carbocycles. The molecule has 0 spiro atoms. The number of carbonyl (C=O) groups is 1. The van der Waals surface area contributed by atoms with Crippen LogP contribution in [-0.2, 0) is 9.53 Å². The Kier molecular flexibility index (Phi) is 6.54. The van der Waals surface area contributed by atoms with Crippen molar-refractivity contribution in [2.45, 2.75) is 26.3 Å². The molecule has 78 valence electrons. The molecule has 0 rings (SSSR count). The van der Waals surface area contributed by atoms with Crippen molar-refractivity contribution in [3.8, 4) is 0 Å². The second-order valence-electron chi connectivity index (χ2n) is 3.39. The Balaban J connectivity index is 3.66. The number of nitrogens with one attached hydrogen (secondary N) is 1. The van der Waals surface area contributed by atoms with Gasteiger partial charge in [-0.2, -0.15) is 0 Å². The summed E-state index contributed by atoms with van der Waals surface area (Å²) in [6.45, 7) is 4.71. The number of rotatable bonds is 6. The van der Waals surface area contributed by atoms with Gasteiger partial charge in [0.05, 0.1) is 13.7 Å². The lowest BCUT2D eigenvalue weighted by molar-refractivity contribution is -0.144. The number of esters is 1. The Morgan fingerprint density at radius 3 is 2.54 bits per heavy atom. The van der Waals surface area contributed by atoms with Crippen molar-refractivity contribution in [2.24, 2.45) is 5.92 Å². The Morgan fingerprint density at radius 2 is 2.15 bits per heavy atom. The van der Waals surface area contributed by atoms with Crippen molar-refractivity contribution in [2.75, 3.05) is 20.3 Å². The van der Waals surface area contributed by atoms with Gasteiger partial charge >= 0.3 is 5.97 Å². The van der Waals surface area contributed by atoms with Gasteiger partial charge in [-0.25, -0.2) is 0 Å². The molecule has 0 heterocycles. The van der Waals surface area contributed by atoms with E-state index in [1.165, 1.54) is 7.11 Å². The van der Waals surface area contributed by atoms with E-state index in [0.29, 0.717) is 5.92 Å². The molecule has 0 saturated heterocycles. The molecule has 0 aromatic heterocycles. The third-order valence-corrected chi connectivity index (χ3v) is 1.78. The Morgan fingerprint density at radius 1 is 1.54 bits per heavy atom. The first kappa shape index (κ1) is 12.4. The number of ether oxygens (including phenoxy) is 1. The van der Waals surface area contributed by atoms with Gasteiger partial charge < -0.3 is 15.2 Å². The van der Waals surface area contributed by atoms with Gasteiger partial charge in [0.25, 0.3) is 0 Å². The van der Waals surface area contributed by atoms with Crippen molar-refractivity contribution < 1.29 is 14.6 Å². The summed E-state index contributed by atoms with van der Waals surface area (Å²) in [5.74, 6) is 0.177. The predicted molar refractivity (Wildman–Crippen MR) is 50.3 cm³/mol. The number of hydrogen-bond donors (Lipinski definition) is 2. The molecule has 0 aliphatic rings. The molecular weight excluding hydrogens is 170 g/mol. The quantitative estimate of drug-likeness (QED) is 0.584. The molecule has 0 aromatic carbocycles. The zero-order chi connectivity index (χ0) is 10.3. The Labute approximate surface area is 79.3 Å². The first-order valence-corrected chi connectivity index (χ1v) is 4.53. The minimum Gasteiger partial charge on any atom is -0.468 e. The van der Waals surface area contributed by atoms with Crippen molar-refractivity contribution in [3.63, 3.8) is 0 Å². The van der Waals surface area contributed by atoms with Gasteiger partial charge in [0.15, 0.2) is 0 Å². The third kappa shape index (κ3) is 5.60. The molecule has 0 saturated carbocycles. The normalized spacial score (nSPS) is 13.0. The number of aliphatic hydroxyl groups excluding tert-OH is 1. The van der Waals surface area contributed by atoms with E-state index in [4.69, 9.17) is 5.11 Å². The summed E-state index contributed by atoms with van der Waals surface area (Å²) in [7, 11) is 1.31. The molecule has 0 radical (unpaired) electrons. The Bertz CT molecular complexity index is 148. The van der Waals surface area contributed by atoms with Gasteiger partial charge in [-0.3, -0.25) is 4.79 Å². The van der Waals surface area contributed by atoms with E-state index in [1.807, 2.05) is 0 Å². The number of aliphatic hydroxyl groups is 1. The molecule has 4 nitrogen and oxygen atoms in total. The van der Waals surface area contributed by atoms with E-state index < -0.39 is 12.0 Å². The zero-order valence-corrected chi connectivity index (χ0v) is 8.54. The van der Waals surface area contributed by atoms with Crippen molar-refractivity contribution in [1.29, 1.82) is 0 Å². The molecule has 2 N–H and O–H groups in total. The second kappa shape index (κ2) is 6.86. The lowest BCUT2D eigenvalue weighted by Crippen LogP contribution is -2.41. The van der Waals surface area contributed by atoms with Crippen LogP contribution >= 0.6 is 0 Å². The third-order valence-electron chi connectivity index (χ3n) is 1.78. The summed E-state index contributed by atoms with van der Waals surface area (Å²) in [5.41, 5.74) is 0. The number of hydrogen-bond acceptors (Lipinski definition) is 4. The molecule has 0 fully saturated rings. The van der Waals surface area contributed by atoms with Crippen LogP contribution in [0.15, 0.2) is 0 Å². The monoisotopic (exact) mass is 189 g/mol. The van der Waals surface area contributed by atoms with E-state index in [2.05, 4.69) is 23.9 Å². The van der Waals surface area contributed by atoms with Crippen LogP contribution in [0.3, 0.4) is 0 Å². The molecule has 1 atom stereocenters. The fourth-order valence-electron chi connectivity index (χ4n) is 0.911. The van der Waals surface area contributed by atoms with Gasteiger partial charge in [0.1, 0.15) is 6.04 Å². The maximum absolute atomic E-state index is 11.0. The molecule has 4 heteroatoms. The highest BCUT2D eigenvalue weighted by atomic mass is 16.5. The molecule has 0 amide bonds. The van der Waals surface area contributed by atoms with Crippen LogP contribution in [-0.4, -0.2) is 37.4 Å². The molecule has 0 aliphatic heterocycles. The van der Waals surface area contributed by atoms with Crippen LogP contribution in [0.4, 0.5) is 0 Å². The predicted octanol–water partition coefficient (Wildman–Crippen LogP) is 0.156. The largest absolute Gasteiger partial charge is 0.468 e. The first-order valence-electron chi connectivity index (χ1n) is 4.53. The van der Waals surface area contributed by atoms with Gasteiger partial charge in [-0.1, -0.05) is 13.8 Å². The van der Waals surface area contributed by atoms with E-state index in [-0.39, 0.29) is 6.61 Å². The topological polar surface area (TPSA) is 58.6 Å². The van der Waals surface area contributed by atoms with E-state index >= 15 is 0 Å². The first-order chi connectivity index (χ1) is 6.11. The molecule has 0 bridgehead atoms. The van der Waals surface area contributed by atoms with E-state index in [1.54, 1.807) is 0 Å². The second-order valence-corrected chi connectivity index (χ2v) is 3.39. The lowest BCUT2D eigenvalue weighted by Gasteiger charge is -2.14. The van der Waals surface area contributed by atoms with Crippen molar-refractivity contribution in [1.82, 2.24) is 5.32 Å². The average molecular weight is 189 g/mol. The van der Waals surface area contributed by atoms with E-state index in [0.717, 1.165) is 13.0 Å². The summed E-state index contributed by atoms with van der Waals surface area (Å²) in [4.78, 5) is 11.0. The SMILES string of the molecule is COC(=O)C(CO)NCCC(C)C. The van der Waals surface area contributed by atoms with E-state index in [9.17, 15) is 4.79 Å². The summed E-state index contributed by atoms with van der Waals surface area (Å²) < 4.78 is 4.50. The van der Waals surface area contributed by atoms with Gasteiger partial charge in [0, 0.05) is 0 Å². The molecule has 1 unspecified atom stereocenters. The minimum absolute atomic E-state index is 0.217. The van der Waals surface area contributed by atoms with Crippen LogP contribution in [0, 0.1) is 5.92 Å². The lowest BCUT2D eigenvalue weighted by atomic mass is 10.1. The van der Waals surface area contributed by atoms with Crippen molar-refractivity contribution >= 4 is 5.97 Å². The van der Waals surface area contributed by atoms with Gasteiger partial charge in [0.2, 0.25) is 0 Å². The van der Waals surface area contributed by atoms with Gasteiger partial charge in [-0.05, 0) is 18.9 Å². The summed E-state index contributed by atoms with van der Waals surface area (Å²) >= 11 is 0. The molecule has 13 heavy (non-hydrogen) atoms. The van der Waals surface area contributed by atoms with Crippen LogP contribution < -0.4 is 5.32 Å². The minimum atomic E-state index is -0.580. The van der Waals surface area contributed by atoms with Crippen LogP contribution in [0.25, 0.3) is 0 Å². The standard InChI is InChI=1S/C9H19NO3/c1-7(2)4-5-10-8(6-11)9(12)13-3/h7-8,10-11H,4-6H2,1-3H3. The summed E-state index contributed by atoms with van der Waals surface area (Å²) in [6.07, 6.45) is 0.980. The fraction of sp³-hybridized carbons (Fsp3) is 0.889. The highest BCUT2D eigenvalue weighted by Crippen LogP contribution is 1.97. The summed E-state index contributed by atoms with van der Waals surface area (Å²) in [6, 6.07) is -0.580. The molecule has 0 aromatic rings. The maximum Gasteiger partial charge on any atom is 0.325 e. The van der Waals surface area contributed by atoms with Crippen LogP contribution in [0.2, 0.25) is 0 Å². The highest BCUT2D eigenvalue weighted by molar-refractivity contribution is 5.75. The Hall–Kier alpha value is -0.610. The van der Waals surface area contributed by atoms with Crippen LogP contribution in [0.5, 0.6) is 0 Å². The van der Waals surface area contributed by atoms with Crippen molar-refractivity contribution in [3.05, 3.63) is 0 Å². The number of methoxy groups -OCH3 is 1. The smallest absolute Gasteiger partial charge is 0.325 e. The highest BCUT2D eigenvalue weighted by Gasteiger charge is 2.16.